The van der Waals surface area contributed by atoms with Crippen LogP contribution in [0.5, 0.6) is 0 Å². The van der Waals surface area contributed by atoms with E-state index < -0.39 is 0 Å². The number of nitrogens with two attached hydrogens (primary N) is 3. The zero-order valence-electron chi connectivity index (χ0n) is 12.1. The molecule has 5 heteroatoms. The van der Waals surface area contributed by atoms with Crippen LogP contribution in [0.25, 0.3) is 0 Å². The van der Waals surface area contributed by atoms with Crippen molar-refractivity contribution in [2.24, 2.45) is 17.2 Å². The van der Waals surface area contributed by atoms with Crippen LogP contribution in [-0.2, 0) is 0 Å². The highest BCUT2D eigenvalue weighted by molar-refractivity contribution is 4.62. The van der Waals surface area contributed by atoms with Crippen molar-refractivity contribution in [3.8, 4) is 0 Å². The van der Waals surface area contributed by atoms with Crippen LogP contribution in [0.3, 0.4) is 0 Å². The third kappa shape index (κ3) is 9.79. The third-order valence-electron chi connectivity index (χ3n) is 3.07. The standard InChI is InChI=1S/C13H33N5/c1-2-8-17(11-5-14)9-3-4-10-18(12-6-15)13-7-16/h2-16H2,1H3. The first-order valence-corrected chi connectivity index (χ1v) is 7.33. The second-order valence-electron chi connectivity index (χ2n) is 4.76. The molecule has 0 atom stereocenters. The average molecular weight is 259 g/mol. The first-order valence-electron chi connectivity index (χ1n) is 7.33. The van der Waals surface area contributed by atoms with Crippen LogP contribution in [-0.4, -0.2) is 68.7 Å². The molecule has 0 rings (SSSR count). The van der Waals surface area contributed by atoms with E-state index in [4.69, 9.17) is 17.2 Å². The molecular weight excluding hydrogens is 226 g/mol. The Balaban J connectivity index is 3.66. The van der Waals surface area contributed by atoms with Crippen LogP contribution in [0.2, 0.25) is 0 Å². The van der Waals surface area contributed by atoms with Gasteiger partial charge in [-0.2, -0.15) is 0 Å². The van der Waals surface area contributed by atoms with Crippen LogP contribution in [0, 0.1) is 0 Å². The fourth-order valence-electron chi connectivity index (χ4n) is 2.21. The van der Waals surface area contributed by atoms with E-state index in [1.54, 1.807) is 0 Å². The predicted molar refractivity (Wildman–Crippen MR) is 79.6 cm³/mol. The Bertz CT molecular complexity index is 135. The zero-order valence-corrected chi connectivity index (χ0v) is 12.1. The van der Waals surface area contributed by atoms with E-state index in [0.717, 1.165) is 58.9 Å². The summed E-state index contributed by atoms with van der Waals surface area (Å²) < 4.78 is 0. The first kappa shape index (κ1) is 17.8. The molecule has 6 N–H and O–H groups in total. The third-order valence-corrected chi connectivity index (χ3v) is 3.07. The minimum Gasteiger partial charge on any atom is -0.329 e. The molecule has 0 aliphatic carbocycles. The molecule has 18 heavy (non-hydrogen) atoms. The Hall–Kier alpha value is -0.200. The molecule has 0 amide bonds. The molecule has 0 radical (unpaired) electrons. The fourth-order valence-corrected chi connectivity index (χ4v) is 2.21. The van der Waals surface area contributed by atoms with Gasteiger partial charge in [-0.3, -0.25) is 0 Å². The van der Waals surface area contributed by atoms with Gasteiger partial charge in [0.1, 0.15) is 0 Å². The topological polar surface area (TPSA) is 84.5 Å². The van der Waals surface area contributed by atoms with Gasteiger partial charge < -0.3 is 27.0 Å². The maximum Gasteiger partial charge on any atom is 0.0105 e. The lowest BCUT2D eigenvalue weighted by Gasteiger charge is -2.23. The minimum atomic E-state index is 0.717. The van der Waals surface area contributed by atoms with Crippen LogP contribution in [0.1, 0.15) is 26.2 Å². The van der Waals surface area contributed by atoms with Gasteiger partial charge in [0.2, 0.25) is 0 Å². The molecule has 0 fully saturated rings. The lowest BCUT2D eigenvalue weighted by molar-refractivity contribution is 0.250. The Morgan fingerprint density at radius 3 is 1.33 bits per heavy atom. The lowest BCUT2D eigenvalue weighted by Crippen LogP contribution is -2.35. The summed E-state index contributed by atoms with van der Waals surface area (Å²) >= 11 is 0. The van der Waals surface area contributed by atoms with Crippen LogP contribution >= 0.6 is 0 Å². The molecule has 0 heterocycles. The highest BCUT2D eigenvalue weighted by Crippen LogP contribution is 1.99. The largest absolute Gasteiger partial charge is 0.329 e. The first-order chi connectivity index (χ1) is 8.78. The molecular formula is C13H33N5. The van der Waals surface area contributed by atoms with Gasteiger partial charge in [0.15, 0.2) is 0 Å². The molecule has 110 valence electrons. The number of unbranched alkanes of at least 4 members (excludes halogenated alkanes) is 1. The Kier molecular flexibility index (Phi) is 13.1. The smallest absolute Gasteiger partial charge is 0.0105 e. The monoisotopic (exact) mass is 259 g/mol. The van der Waals surface area contributed by atoms with Gasteiger partial charge in [0.05, 0.1) is 0 Å². The summed E-state index contributed by atoms with van der Waals surface area (Å²) in [4.78, 5) is 4.81. The molecule has 0 saturated carbocycles. The van der Waals surface area contributed by atoms with Gasteiger partial charge in [-0.25, -0.2) is 0 Å². The van der Waals surface area contributed by atoms with Gasteiger partial charge in [0.25, 0.3) is 0 Å². The quantitative estimate of drug-likeness (QED) is 0.394. The normalized spacial score (nSPS) is 11.7. The maximum atomic E-state index is 5.61. The number of rotatable bonds is 13. The molecule has 0 unspecified atom stereocenters. The van der Waals surface area contributed by atoms with E-state index in [-0.39, 0.29) is 0 Å². The summed E-state index contributed by atoms with van der Waals surface area (Å²) in [6.07, 6.45) is 3.64. The highest BCUT2D eigenvalue weighted by Gasteiger charge is 2.04. The summed E-state index contributed by atoms with van der Waals surface area (Å²) in [5.74, 6) is 0. The van der Waals surface area contributed by atoms with Crippen molar-refractivity contribution < 1.29 is 0 Å². The second kappa shape index (κ2) is 13.2. The Labute approximate surface area is 113 Å². The van der Waals surface area contributed by atoms with Crippen molar-refractivity contribution in [1.29, 1.82) is 0 Å². The van der Waals surface area contributed by atoms with E-state index >= 15 is 0 Å². The van der Waals surface area contributed by atoms with Crippen LogP contribution in [0.15, 0.2) is 0 Å². The van der Waals surface area contributed by atoms with E-state index in [2.05, 4.69) is 16.7 Å². The van der Waals surface area contributed by atoms with Crippen molar-refractivity contribution in [3.05, 3.63) is 0 Å². The molecule has 0 bridgehead atoms. The molecule has 0 aromatic carbocycles. The van der Waals surface area contributed by atoms with Gasteiger partial charge in [-0.1, -0.05) is 6.92 Å². The van der Waals surface area contributed by atoms with Crippen molar-refractivity contribution in [2.45, 2.75) is 26.2 Å². The Morgan fingerprint density at radius 2 is 1.00 bits per heavy atom. The van der Waals surface area contributed by atoms with Gasteiger partial charge >= 0.3 is 0 Å². The maximum absolute atomic E-state index is 5.61. The SMILES string of the molecule is CCCN(CCN)CCCCN(CCN)CCN. The van der Waals surface area contributed by atoms with E-state index in [1.807, 2.05) is 0 Å². The average Bonchev–Trinajstić information content (AvgIpc) is 2.35. The van der Waals surface area contributed by atoms with Crippen LogP contribution < -0.4 is 17.2 Å². The number of hydrogen-bond donors (Lipinski definition) is 3. The van der Waals surface area contributed by atoms with Crippen molar-refractivity contribution in [2.75, 3.05) is 58.9 Å². The molecule has 0 saturated heterocycles. The van der Waals surface area contributed by atoms with Gasteiger partial charge in [-0.15, -0.1) is 0 Å². The molecule has 0 aliphatic heterocycles. The minimum absolute atomic E-state index is 0.717. The second-order valence-corrected chi connectivity index (χ2v) is 4.76. The summed E-state index contributed by atoms with van der Waals surface area (Å²) in [5.41, 5.74) is 16.8. The van der Waals surface area contributed by atoms with Gasteiger partial charge in [-0.05, 0) is 38.9 Å². The van der Waals surface area contributed by atoms with Crippen LogP contribution in [0.4, 0.5) is 0 Å². The van der Waals surface area contributed by atoms with E-state index in [1.165, 1.54) is 19.3 Å². The fraction of sp³-hybridized carbons (Fsp3) is 1.00. The molecule has 0 aliphatic rings. The highest BCUT2D eigenvalue weighted by atomic mass is 15.1. The van der Waals surface area contributed by atoms with Gasteiger partial charge in [0, 0.05) is 39.3 Å². The summed E-state index contributed by atoms with van der Waals surface area (Å²) in [6.45, 7) is 10.8. The molecule has 0 aromatic heterocycles. The number of nitrogens with zero attached hydrogens (tertiary/aromatic N) is 2. The summed E-state index contributed by atoms with van der Waals surface area (Å²) in [6, 6.07) is 0. The molecule has 0 spiro atoms. The van der Waals surface area contributed by atoms with Crippen molar-refractivity contribution >= 4 is 0 Å². The molecule has 0 aromatic rings. The predicted octanol–water partition coefficient (Wildman–Crippen LogP) is -0.343. The Morgan fingerprint density at radius 1 is 0.611 bits per heavy atom. The van der Waals surface area contributed by atoms with E-state index in [0.29, 0.717) is 0 Å². The molecule has 5 nitrogen and oxygen atoms in total. The van der Waals surface area contributed by atoms with Crippen molar-refractivity contribution in [3.63, 3.8) is 0 Å². The van der Waals surface area contributed by atoms with Crippen molar-refractivity contribution in [1.82, 2.24) is 9.80 Å². The zero-order chi connectivity index (χ0) is 13.6. The number of hydrogen-bond acceptors (Lipinski definition) is 5. The summed E-state index contributed by atoms with van der Waals surface area (Å²) in [7, 11) is 0. The van der Waals surface area contributed by atoms with E-state index in [9.17, 15) is 0 Å². The summed E-state index contributed by atoms with van der Waals surface area (Å²) in [5, 5.41) is 0. The lowest BCUT2D eigenvalue weighted by atomic mass is 10.2.